The third-order valence-electron chi connectivity index (χ3n) is 3.84. The van der Waals surface area contributed by atoms with Gasteiger partial charge in [0.05, 0.1) is 6.61 Å². The minimum atomic E-state index is 0. The molecule has 0 spiro atoms. The van der Waals surface area contributed by atoms with Gasteiger partial charge in [-0.1, -0.05) is 0 Å². The lowest BCUT2D eigenvalue weighted by Crippen LogP contribution is -2.52. The van der Waals surface area contributed by atoms with Crippen molar-refractivity contribution in [2.75, 3.05) is 26.3 Å². The van der Waals surface area contributed by atoms with Crippen molar-refractivity contribution in [1.82, 2.24) is 4.90 Å². The third-order valence-corrected chi connectivity index (χ3v) is 3.84. The Kier molecular flexibility index (Phi) is 4.68. The van der Waals surface area contributed by atoms with E-state index in [4.69, 9.17) is 10.5 Å². The van der Waals surface area contributed by atoms with E-state index in [1.54, 1.807) is 0 Å². The number of rotatable bonds is 1. The number of likely N-dealkylation sites (tertiary alicyclic amines) is 1. The maximum Gasteiger partial charge on any atom is 0.0632 e. The molecule has 3 aliphatic rings. The number of halogens is 2. The summed E-state index contributed by atoms with van der Waals surface area (Å²) in [5.74, 6) is 2.05. The van der Waals surface area contributed by atoms with Crippen LogP contribution in [0.15, 0.2) is 0 Å². The van der Waals surface area contributed by atoms with Gasteiger partial charge in [-0.15, -0.1) is 24.8 Å². The Balaban J connectivity index is 0.000000562. The quantitative estimate of drug-likeness (QED) is 0.756. The summed E-state index contributed by atoms with van der Waals surface area (Å²) in [4.78, 5) is 2.60. The highest BCUT2D eigenvalue weighted by molar-refractivity contribution is 5.85. The van der Waals surface area contributed by atoms with Crippen LogP contribution < -0.4 is 5.73 Å². The molecule has 3 rings (SSSR count). The monoisotopic (exact) mass is 254 g/mol. The first kappa shape index (κ1) is 13.5. The molecule has 15 heavy (non-hydrogen) atoms. The van der Waals surface area contributed by atoms with E-state index in [0.717, 1.165) is 31.5 Å². The molecular weight excluding hydrogens is 235 g/mol. The maximum atomic E-state index is 6.05. The maximum absolute atomic E-state index is 6.05. The molecule has 1 aliphatic carbocycles. The molecule has 0 amide bonds. The summed E-state index contributed by atoms with van der Waals surface area (Å²) >= 11 is 0. The van der Waals surface area contributed by atoms with Gasteiger partial charge in [-0.25, -0.2) is 0 Å². The summed E-state index contributed by atoms with van der Waals surface area (Å²) in [5.41, 5.74) is 6.05. The minimum Gasteiger partial charge on any atom is -0.380 e. The molecule has 2 N–H and O–H groups in total. The van der Waals surface area contributed by atoms with E-state index in [1.165, 1.54) is 19.5 Å². The van der Waals surface area contributed by atoms with Gasteiger partial charge in [0.15, 0.2) is 0 Å². The van der Waals surface area contributed by atoms with Gasteiger partial charge in [0, 0.05) is 31.8 Å². The predicted molar refractivity (Wildman–Crippen MR) is 64.9 cm³/mol. The normalized spacial score (nSPS) is 43.8. The average Bonchev–Trinajstić information content (AvgIpc) is 2.75. The van der Waals surface area contributed by atoms with E-state index in [0.29, 0.717) is 6.04 Å². The molecule has 1 saturated carbocycles. The highest BCUT2D eigenvalue weighted by atomic mass is 35.5. The Morgan fingerprint density at radius 3 is 2.40 bits per heavy atom. The molecule has 4 atom stereocenters. The second-order valence-corrected chi connectivity index (χ2v) is 4.80. The molecule has 4 unspecified atom stereocenters. The lowest BCUT2D eigenvalue weighted by atomic mass is 10.0. The highest BCUT2D eigenvalue weighted by Gasteiger charge is 2.47. The predicted octanol–water partition coefficient (Wildman–Crippen LogP) is 0.898. The molecule has 2 aliphatic heterocycles. The van der Waals surface area contributed by atoms with Crippen molar-refractivity contribution in [1.29, 1.82) is 0 Å². The van der Waals surface area contributed by atoms with Gasteiger partial charge >= 0.3 is 0 Å². The van der Waals surface area contributed by atoms with E-state index in [-0.39, 0.29) is 30.9 Å². The van der Waals surface area contributed by atoms with Gasteiger partial charge in [-0.2, -0.15) is 0 Å². The molecule has 2 saturated heterocycles. The Bertz CT molecular complexity index is 208. The van der Waals surface area contributed by atoms with E-state index < -0.39 is 0 Å². The summed E-state index contributed by atoms with van der Waals surface area (Å²) in [6, 6.07) is 0.868. The van der Waals surface area contributed by atoms with Crippen LogP contribution in [0.4, 0.5) is 0 Å². The van der Waals surface area contributed by atoms with Crippen molar-refractivity contribution in [3.63, 3.8) is 0 Å². The Hall–Kier alpha value is 0.460. The fourth-order valence-electron chi connectivity index (χ4n) is 2.91. The lowest BCUT2D eigenvalue weighted by Gasteiger charge is -2.36. The standard InChI is InChI=1S/C10H18N2O.2ClH/c11-9-6-13-2-1-10(9)12-4-7-3-8(7)5-12;;/h7-10H,1-6,11H2;2*1H. The highest BCUT2D eigenvalue weighted by Crippen LogP contribution is 2.46. The summed E-state index contributed by atoms with van der Waals surface area (Å²) in [7, 11) is 0. The van der Waals surface area contributed by atoms with Crippen LogP contribution in [-0.2, 0) is 4.74 Å². The zero-order valence-corrected chi connectivity index (χ0v) is 10.4. The second-order valence-electron chi connectivity index (χ2n) is 4.80. The largest absolute Gasteiger partial charge is 0.380 e. The average molecular weight is 255 g/mol. The number of ether oxygens (including phenoxy) is 1. The number of fused-ring (bicyclic) bond motifs is 1. The van der Waals surface area contributed by atoms with Crippen molar-refractivity contribution >= 4 is 24.8 Å². The molecule has 2 heterocycles. The van der Waals surface area contributed by atoms with Gasteiger partial charge in [0.25, 0.3) is 0 Å². The molecule has 0 bridgehead atoms. The van der Waals surface area contributed by atoms with Gasteiger partial charge in [0.2, 0.25) is 0 Å². The van der Waals surface area contributed by atoms with Crippen LogP contribution in [0.2, 0.25) is 0 Å². The first-order valence-electron chi connectivity index (χ1n) is 5.42. The summed E-state index contributed by atoms with van der Waals surface area (Å²) in [5, 5.41) is 0. The third kappa shape index (κ3) is 2.59. The molecule has 90 valence electrons. The van der Waals surface area contributed by atoms with Gasteiger partial charge in [-0.3, -0.25) is 4.90 Å². The zero-order valence-electron chi connectivity index (χ0n) is 8.80. The Morgan fingerprint density at radius 2 is 1.80 bits per heavy atom. The molecule has 3 fully saturated rings. The van der Waals surface area contributed by atoms with Crippen molar-refractivity contribution in [2.24, 2.45) is 17.6 Å². The fraction of sp³-hybridized carbons (Fsp3) is 1.00. The first-order chi connectivity index (χ1) is 6.34. The number of nitrogens with two attached hydrogens (primary N) is 1. The Morgan fingerprint density at radius 1 is 1.13 bits per heavy atom. The minimum absolute atomic E-state index is 0. The topological polar surface area (TPSA) is 38.5 Å². The SMILES string of the molecule is Cl.Cl.NC1COCCC1N1CC2CC2C1. The summed E-state index contributed by atoms with van der Waals surface area (Å²) in [6.45, 7) is 4.28. The van der Waals surface area contributed by atoms with Crippen molar-refractivity contribution in [3.05, 3.63) is 0 Å². The van der Waals surface area contributed by atoms with Crippen molar-refractivity contribution in [3.8, 4) is 0 Å². The van der Waals surface area contributed by atoms with Gasteiger partial charge in [-0.05, 0) is 24.7 Å². The van der Waals surface area contributed by atoms with Crippen LogP contribution in [0.3, 0.4) is 0 Å². The van der Waals surface area contributed by atoms with E-state index in [9.17, 15) is 0 Å². The lowest BCUT2D eigenvalue weighted by molar-refractivity contribution is 0.0220. The summed E-state index contributed by atoms with van der Waals surface area (Å²) in [6.07, 6.45) is 2.62. The Labute approximate surface area is 104 Å². The number of hydrogen-bond acceptors (Lipinski definition) is 3. The van der Waals surface area contributed by atoms with Gasteiger partial charge < -0.3 is 10.5 Å². The second kappa shape index (κ2) is 5.19. The molecule has 0 aromatic heterocycles. The van der Waals surface area contributed by atoms with Crippen molar-refractivity contribution < 1.29 is 4.74 Å². The van der Waals surface area contributed by atoms with E-state index in [1.807, 2.05) is 0 Å². The number of nitrogens with zero attached hydrogens (tertiary/aromatic N) is 1. The van der Waals surface area contributed by atoms with E-state index in [2.05, 4.69) is 4.90 Å². The number of piperidine rings is 1. The summed E-state index contributed by atoms with van der Waals surface area (Å²) < 4.78 is 5.36. The van der Waals surface area contributed by atoms with Gasteiger partial charge in [0.1, 0.15) is 0 Å². The molecule has 5 heteroatoms. The zero-order chi connectivity index (χ0) is 8.84. The molecule has 0 radical (unpaired) electrons. The van der Waals surface area contributed by atoms with E-state index >= 15 is 0 Å². The van der Waals surface area contributed by atoms with Crippen LogP contribution in [0.1, 0.15) is 12.8 Å². The molecular formula is C10H20Cl2N2O. The smallest absolute Gasteiger partial charge is 0.0632 e. The first-order valence-corrected chi connectivity index (χ1v) is 5.42. The van der Waals surface area contributed by atoms with Crippen LogP contribution in [0.5, 0.6) is 0 Å². The van der Waals surface area contributed by atoms with Crippen LogP contribution in [0, 0.1) is 11.8 Å². The van der Waals surface area contributed by atoms with Crippen LogP contribution >= 0.6 is 24.8 Å². The van der Waals surface area contributed by atoms with Crippen LogP contribution in [-0.4, -0.2) is 43.3 Å². The fourth-order valence-corrected chi connectivity index (χ4v) is 2.91. The van der Waals surface area contributed by atoms with Crippen LogP contribution in [0.25, 0.3) is 0 Å². The number of hydrogen-bond donors (Lipinski definition) is 1. The van der Waals surface area contributed by atoms with Crippen molar-refractivity contribution in [2.45, 2.75) is 24.9 Å². The molecule has 3 nitrogen and oxygen atoms in total. The molecule has 0 aromatic rings. The molecule has 0 aromatic carbocycles.